The predicted octanol–water partition coefficient (Wildman–Crippen LogP) is 4.22. The van der Waals surface area contributed by atoms with Crippen molar-refractivity contribution in [3.05, 3.63) is 99.3 Å². The van der Waals surface area contributed by atoms with Gasteiger partial charge >= 0.3 is 0 Å². The molecule has 1 aromatic heterocycles. The SMILES string of the molecule is NCc1cccc(Cn2c(-c3ccccc3)nc3ccc(Cl)cc3c2=O)c1. The van der Waals surface area contributed by atoms with E-state index >= 15 is 0 Å². The number of benzene rings is 3. The highest BCUT2D eigenvalue weighted by Crippen LogP contribution is 2.22. The average molecular weight is 376 g/mol. The van der Waals surface area contributed by atoms with E-state index in [2.05, 4.69) is 0 Å². The van der Waals surface area contributed by atoms with E-state index < -0.39 is 0 Å². The zero-order valence-corrected chi connectivity index (χ0v) is 15.4. The molecule has 0 saturated heterocycles. The highest BCUT2D eigenvalue weighted by molar-refractivity contribution is 6.31. The zero-order valence-electron chi connectivity index (χ0n) is 14.6. The van der Waals surface area contributed by atoms with Crippen molar-refractivity contribution >= 4 is 22.5 Å². The van der Waals surface area contributed by atoms with E-state index in [1.807, 2.05) is 54.6 Å². The Hall–Kier alpha value is -2.95. The van der Waals surface area contributed by atoms with Crippen molar-refractivity contribution in [2.45, 2.75) is 13.1 Å². The molecule has 1 heterocycles. The van der Waals surface area contributed by atoms with Crippen LogP contribution in [0.4, 0.5) is 0 Å². The molecule has 0 aliphatic carbocycles. The van der Waals surface area contributed by atoms with Crippen molar-refractivity contribution in [2.24, 2.45) is 5.73 Å². The van der Waals surface area contributed by atoms with Gasteiger partial charge in [-0.25, -0.2) is 4.98 Å². The van der Waals surface area contributed by atoms with Gasteiger partial charge in [0.15, 0.2) is 0 Å². The molecule has 0 aliphatic rings. The molecule has 3 aromatic carbocycles. The molecule has 0 unspecified atom stereocenters. The smallest absolute Gasteiger partial charge is 0.262 e. The summed E-state index contributed by atoms with van der Waals surface area (Å²) in [5, 5.41) is 1.03. The van der Waals surface area contributed by atoms with Crippen molar-refractivity contribution in [3.8, 4) is 11.4 Å². The average Bonchev–Trinajstić information content (AvgIpc) is 2.71. The molecular formula is C22H18ClN3O. The summed E-state index contributed by atoms with van der Waals surface area (Å²) in [6.07, 6.45) is 0. The first-order valence-electron chi connectivity index (χ1n) is 8.69. The fourth-order valence-electron chi connectivity index (χ4n) is 3.18. The first-order valence-corrected chi connectivity index (χ1v) is 9.07. The third-order valence-electron chi connectivity index (χ3n) is 4.52. The van der Waals surface area contributed by atoms with Gasteiger partial charge in [0.1, 0.15) is 5.82 Å². The van der Waals surface area contributed by atoms with Gasteiger partial charge in [0, 0.05) is 17.1 Å². The Balaban J connectivity index is 1.95. The highest BCUT2D eigenvalue weighted by atomic mass is 35.5. The molecule has 0 radical (unpaired) electrons. The van der Waals surface area contributed by atoms with Crippen LogP contribution in [0, 0.1) is 0 Å². The molecule has 2 N–H and O–H groups in total. The lowest BCUT2D eigenvalue weighted by Gasteiger charge is -2.14. The van der Waals surface area contributed by atoms with E-state index in [0.29, 0.717) is 34.8 Å². The summed E-state index contributed by atoms with van der Waals surface area (Å²) in [5.41, 5.74) is 9.20. The van der Waals surface area contributed by atoms with E-state index in [0.717, 1.165) is 16.7 Å². The van der Waals surface area contributed by atoms with Gasteiger partial charge in [-0.1, -0.05) is 66.2 Å². The molecular weight excluding hydrogens is 358 g/mol. The maximum absolute atomic E-state index is 13.3. The van der Waals surface area contributed by atoms with Crippen LogP contribution >= 0.6 is 11.6 Å². The van der Waals surface area contributed by atoms with Crippen LogP contribution in [0.1, 0.15) is 11.1 Å². The number of halogens is 1. The third-order valence-corrected chi connectivity index (χ3v) is 4.75. The molecule has 0 atom stereocenters. The molecule has 0 aliphatic heterocycles. The Morgan fingerprint density at radius 2 is 1.70 bits per heavy atom. The third kappa shape index (κ3) is 3.50. The maximum Gasteiger partial charge on any atom is 0.262 e. The number of nitrogens with zero attached hydrogens (tertiary/aromatic N) is 2. The normalized spacial score (nSPS) is 11.0. The number of rotatable bonds is 4. The maximum atomic E-state index is 13.3. The molecule has 134 valence electrons. The van der Waals surface area contributed by atoms with Crippen LogP contribution < -0.4 is 11.3 Å². The number of aromatic nitrogens is 2. The van der Waals surface area contributed by atoms with Crippen LogP contribution in [0.3, 0.4) is 0 Å². The largest absolute Gasteiger partial charge is 0.326 e. The lowest BCUT2D eigenvalue weighted by Crippen LogP contribution is -2.24. The minimum Gasteiger partial charge on any atom is -0.326 e. The van der Waals surface area contributed by atoms with E-state index in [9.17, 15) is 4.79 Å². The van der Waals surface area contributed by atoms with Gasteiger partial charge in [-0.05, 0) is 29.3 Å². The first-order chi connectivity index (χ1) is 13.2. The van der Waals surface area contributed by atoms with Crippen molar-refractivity contribution in [3.63, 3.8) is 0 Å². The summed E-state index contributed by atoms with van der Waals surface area (Å²) in [6, 6.07) is 22.9. The van der Waals surface area contributed by atoms with E-state index in [1.165, 1.54) is 0 Å². The van der Waals surface area contributed by atoms with Crippen molar-refractivity contribution in [1.82, 2.24) is 9.55 Å². The zero-order chi connectivity index (χ0) is 18.8. The van der Waals surface area contributed by atoms with Crippen molar-refractivity contribution in [1.29, 1.82) is 0 Å². The van der Waals surface area contributed by atoms with Crippen LogP contribution in [-0.4, -0.2) is 9.55 Å². The van der Waals surface area contributed by atoms with E-state index in [-0.39, 0.29) is 5.56 Å². The Morgan fingerprint density at radius 1 is 0.926 bits per heavy atom. The van der Waals surface area contributed by atoms with Gasteiger partial charge in [-0.3, -0.25) is 9.36 Å². The van der Waals surface area contributed by atoms with Crippen LogP contribution in [0.2, 0.25) is 5.02 Å². The second-order valence-electron chi connectivity index (χ2n) is 6.38. The molecule has 4 aromatic rings. The van der Waals surface area contributed by atoms with Crippen LogP contribution in [0.15, 0.2) is 77.6 Å². The van der Waals surface area contributed by atoms with E-state index in [4.69, 9.17) is 22.3 Å². The van der Waals surface area contributed by atoms with Crippen LogP contribution in [0.25, 0.3) is 22.3 Å². The Labute approximate surface area is 161 Å². The second kappa shape index (κ2) is 7.35. The number of hydrogen-bond acceptors (Lipinski definition) is 3. The number of fused-ring (bicyclic) bond motifs is 1. The van der Waals surface area contributed by atoms with Gasteiger partial charge < -0.3 is 5.73 Å². The summed E-state index contributed by atoms with van der Waals surface area (Å²) in [5.74, 6) is 0.633. The van der Waals surface area contributed by atoms with Gasteiger partial charge in [0.05, 0.1) is 17.4 Å². The van der Waals surface area contributed by atoms with Crippen LogP contribution in [-0.2, 0) is 13.1 Å². The van der Waals surface area contributed by atoms with Gasteiger partial charge in [-0.2, -0.15) is 0 Å². The molecule has 0 saturated carbocycles. The summed E-state index contributed by atoms with van der Waals surface area (Å²) in [4.78, 5) is 18.0. The minimum absolute atomic E-state index is 0.112. The predicted molar refractivity (Wildman–Crippen MR) is 110 cm³/mol. The molecule has 27 heavy (non-hydrogen) atoms. The fourth-order valence-corrected chi connectivity index (χ4v) is 3.36. The van der Waals surface area contributed by atoms with Gasteiger partial charge in [0.25, 0.3) is 5.56 Å². The number of nitrogens with two attached hydrogens (primary N) is 1. The fraction of sp³-hybridized carbons (Fsp3) is 0.0909. The minimum atomic E-state index is -0.112. The summed E-state index contributed by atoms with van der Waals surface area (Å²) < 4.78 is 1.70. The summed E-state index contributed by atoms with van der Waals surface area (Å²) >= 11 is 6.11. The standard InChI is InChI=1S/C22H18ClN3O/c23-18-9-10-20-19(12-18)22(27)26(14-16-6-4-5-15(11-16)13-24)21(25-20)17-7-2-1-3-8-17/h1-12H,13-14,24H2. The van der Waals surface area contributed by atoms with Crippen molar-refractivity contribution in [2.75, 3.05) is 0 Å². The molecule has 4 nitrogen and oxygen atoms in total. The lowest BCUT2D eigenvalue weighted by molar-refractivity contribution is 0.758. The van der Waals surface area contributed by atoms with Crippen molar-refractivity contribution < 1.29 is 0 Å². The Morgan fingerprint density at radius 3 is 2.48 bits per heavy atom. The molecule has 0 spiro atoms. The molecule has 0 amide bonds. The number of hydrogen-bond donors (Lipinski definition) is 1. The van der Waals surface area contributed by atoms with Gasteiger partial charge in [-0.15, -0.1) is 0 Å². The first kappa shape index (κ1) is 17.5. The molecule has 4 rings (SSSR count). The quantitative estimate of drug-likeness (QED) is 0.580. The lowest BCUT2D eigenvalue weighted by atomic mass is 10.1. The van der Waals surface area contributed by atoms with Gasteiger partial charge in [0.2, 0.25) is 0 Å². The Bertz CT molecular complexity index is 1170. The molecule has 0 bridgehead atoms. The monoisotopic (exact) mass is 375 g/mol. The highest BCUT2D eigenvalue weighted by Gasteiger charge is 2.13. The van der Waals surface area contributed by atoms with Crippen LogP contribution in [0.5, 0.6) is 0 Å². The molecule has 0 fully saturated rings. The second-order valence-corrected chi connectivity index (χ2v) is 6.81. The topological polar surface area (TPSA) is 60.9 Å². The molecule has 5 heteroatoms. The summed E-state index contributed by atoms with van der Waals surface area (Å²) in [7, 11) is 0. The van der Waals surface area contributed by atoms with E-state index in [1.54, 1.807) is 22.8 Å². The summed E-state index contributed by atoms with van der Waals surface area (Å²) in [6.45, 7) is 0.867. The Kier molecular flexibility index (Phi) is 4.75.